The smallest absolute Gasteiger partial charge is 0.271 e. The second-order valence-electron chi connectivity index (χ2n) is 5.86. The van der Waals surface area contributed by atoms with Gasteiger partial charge in [0.15, 0.2) is 0 Å². The zero-order valence-corrected chi connectivity index (χ0v) is 13.6. The minimum Gasteiger partial charge on any atom is -0.369 e. The molecule has 0 radical (unpaired) electrons. The van der Waals surface area contributed by atoms with Gasteiger partial charge >= 0.3 is 0 Å². The summed E-state index contributed by atoms with van der Waals surface area (Å²) in [6.07, 6.45) is 2.21. The van der Waals surface area contributed by atoms with Crippen LogP contribution in [0, 0.1) is 5.82 Å². The van der Waals surface area contributed by atoms with Gasteiger partial charge in [0.2, 0.25) is 0 Å². The third-order valence-electron chi connectivity index (χ3n) is 4.17. The van der Waals surface area contributed by atoms with Crippen LogP contribution in [0.1, 0.15) is 35.7 Å². The lowest BCUT2D eigenvalue weighted by Gasteiger charge is -2.18. The van der Waals surface area contributed by atoms with Gasteiger partial charge in [-0.1, -0.05) is 24.3 Å². The fourth-order valence-electron chi connectivity index (χ4n) is 2.80. The number of hydrogen-bond acceptors (Lipinski definition) is 3. The van der Waals surface area contributed by atoms with Crippen LogP contribution in [0.5, 0.6) is 0 Å². The van der Waals surface area contributed by atoms with Crippen LogP contribution in [0.15, 0.2) is 53.6 Å². The number of amides is 1. The van der Waals surface area contributed by atoms with Gasteiger partial charge in [0.05, 0.1) is 11.4 Å². The molecule has 0 aromatic heterocycles. The first-order chi connectivity index (χ1) is 11.6. The molecule has 1 fully saturated rings. The molecule has 24 heavy (non-hydrogen) atoms. The quantitative estimate of drug-likeness (QED) is 0.690. The van der Waals surface area contributed by atoms with Crippen molar-refractivity contribution in [2.45, 2.75) is 19.8 Å². The minimum atomic E-state index is -0.288. The molecule has 0 atom stereocenters. The summed E-state index contributed by atoms with van der Waals surface area (Å²) in [4.78, 5) is 14.0. The Morgan fingerprint density at radius 2 is 1.79 bits per heavy atom. The fourth-order valence-corrected chi connectivity index (χ4v) is 2.80. The maximum atomic E-state index is 14.3. The molecule has 0 bridgehead atoms. The maximum Gasteiger partial charge on any atom is 0.271 e. The molecule has 2 aromatic carbocycles. The Balaban J connectivity index is 1.71. The summed E-state index contributed by atoms with van der Waals surface area (Å²) in [6.45, 7) is 3.54. The number of halogens is 1. The Kier molecular flexibility index (Phi) is 4.89. The highest BCUT2D eigenvalue weighted by atomic mass is 19.1. The van der Waals surface area contributed by atoms with Gasteiger partial charge in [0.1, 0.15) is 5.82 Å². The molecule has 4 nitrogen and oxygen atoms in total. The molecule has 1 amide bonds. The van der Waals surface area contributed by atoms with E-state index in [4.69, 9.17) is 0 Å². The third-order valence-corrected chi connectivity index (χ3v) is 4.17. The van der Waals surface area contributed by atoms with Crippen molar-refractivity contribution in [2.75, 3.05) is 18.0 Å². The lowest BCUT2D eigenvalue weighted by atomic mass is 10.1. The molecular formula is C19H20FN3O. The number of rotatable bonds is 4. The van der Waals surface area contributed by atoms with E-state index in [0.29, 0.717) is 22.5 Å². The first kappa shape index (κ1) is 16.2. The normalized spacial score (nSPS) is 14.8. The predicted octanol–water partition coefficient (Wildman–Crippen LogP) is 3.58. The summed E-state index contributed by atoms with van der Waals surface area (Å²) < 4.78 is 14.3. The van der Waals surface area contributed by atoms with Crippen molar-refractivity contribution in [3.63, 3.8) is 0 Å². The maximum absolute atomic E-state index is 14.3. The zero-order valence-electron chi connectivity index (χ0n) is 13.6. The van der Waals surface area contributed by atoms with Crippen LogP contribution in [0.4, 0.5) is 10.1 Å². The fraction of sp³-hybridized carbons (Fsp3) is 0.263. The van der Waals surface area contributed by atoms with E-state index in [1.807, 2.05) is 12.1 Å². The molecule has 0 aliphatic carbocycles. The van der Waals surface area contributed by atoms with Crippen molar-refractivity contribution in [2.24, 2.45) is 5.10 Å². The van der Waals surface area contributed by atoms with E-state index >= 15 is 0 Å². The van der Waals surface area contributed by atoms with Crippen LogP contribution in [-0.4, -0.2) is 24.7 Å². The molecule has 2 aromatic rings. The number of nitrogens with zero attached hydrogens (tertiary/aromatic N) is 2. The number of hydrogen-bond donors (Lipinski definition) is 1. The predicted molar refractivity (Wildman–Crippen MR) is 94.0 cm³/mol. The highest BCUT2D eigenvalue weighted by Gasteiger charge is 2.16. The van der Waals surface area contributed by atoms with E-state index in [2.05, 4.69) is 15.4 Å². The summed E-state index contributed by atoms with van der Waals surface area (Å²) >= 11 is 0. The Morgan fingerprint density at radius 1 is 1.08 bits per heavy atom. The summed E-state index contributed by atoms with van der Waals surface area (Å²) in [5, 5.41) is 4.08. The lowest BCUT2D eigenvalue weighted by molar-refractivity contribution is 0.0955. The van der Waals surface area contributed by atoms with Gasteiger partial charge in [0, 0.05) is 24.2 Å². The third kappa shape index (κ3) is 3.62. The van der Waals surface area contributed by atoms with Crippen molar-refractivity contribution in [3.05, 3.63) is 65.5 Å². The number of benzene rings is 2. The Hall–Kier alpha value is -2.69. The molecule has 0 spiro atoms. The topological polar surface area (TPSA) is 44.7 Å². The van der Waals surface area contributed by atoms with Crippen LogP contribution >= 0.6 is 0 Å². The molecule has 1 heterocycles. The first-order valence-electron chi connectivity index (χ1n) is 8.10. The lowest BCUT2D eigenvalue weighted by Crippen LogP contribution is -2.20. The highest BCUT2D eigenvalue weighted by molar-refractivity contribution is 6.01. The van der Waals surface area contributed by atoms with Crippen LogP contribution in [-0.2, 0) is 0 Å². The largest absolute Gasteiger partial charge is 0.369 e. The molecule has 1 N–H and O–H groups in total. The summed E-state index contributed by atoms with van der Waals surface area (Å²) in [6, 6.07) is 13.9. The summed E-state index contributed by atoms with van der Waals surface area (Å²) in [5.74, 6) is -0.539. The summed E-state index contributed by atoms with van der Waals surface area (Å²) in [7, 11) is 0. The first-order valence-corrected chi connectivity index (χ1v) is 8.10. The Morgan fingerprint density at radius 3 is 2.46 bits per heavy atom. The molecule has 124 valence electrons. The van der Waals surface area contributed by atoms with Crippen LogP contribution < -0.4 is 10.3 Å². The minimum absolute atomic E-state index is 0.252. The standard InChI is InChI=1S/C19H20FN3O/c1-14(21-22-19(24)15-7-3-2-4-8-15)16-9-10-18(17(20)13-16)23-11-5-6-12-23/h2-4,7-10,13H,5-6,11-12H2,1H3,(H,22,24)/b21-14-. The average molecular weight is 325 g/mol. The van der Waals surface area contributed by atoms with Gasteiger partial charge in [-0.15, -0.1) is 0 Å². The number of anilines is 1. The van der Waals surface area contributed by atoms with Crippen molar-refractivity contribution in [1.29, 1.82) is 0 Å². The van der Waals surface area contributed by atoms with E-state index in [1.54, 1.807) is 37.3 Å². The van der Waals surface area contributed by atoms with E-state index < -0.39 is 0 Å². The van der Waals surface area contributed by atoms with Gasteiger partial charge in [0.25, 0.3) is 5.91 Å². The second-order valence-corrected chi connectivity index (χ2v) is 5.86. The summed E-state index contributed by atoms with van der Waals surface area (Å²) in [5.41, 5.74) is 4.89. The molecule has 1 saturated heterocycles. The zero-order chi connectivity index (χ0) is 16.9. The van der Waals surface area contributed by atoms with E-state index in [9.17, 15) is 9.18 Å². The van der Waals surface area contributed by atoms with E-state index in [-0.39, 0.29) is 11.7 Å². The molecule has 0 unspecified atom stereocenters. The molecule has 1 aliphatic rings. The van der Waals surface area contributed by atoms with Crippen LogP contribution in [0.3, 0.4) is 0 Å². The monoisotopic (exact) mass is 325 g/mol. The van der Waals surface area contributed by atoms with E-state index in [0.717, 1.165) is 25.9 Å². The van der Waals surface area contributed by atoms with Gasteiger partial charge in [-0.25, -0.2) is 9.82 Å². The van der Waals surface area contributed by atoms with Crippen molar-refractivity contribution in [3.8, 4) is 0 Å². The van der Waals surface area contributed by atoms with Crippen molar-refractivity contribution >= 4 is 17.3 Å². The number of hydrazone groups is 1. The molecule has 0 saturated carbocycles. The number of nitrogens with one attached hydrogen (secondary N) is 1. The van der Waals surface area contributed by atoms with Crippen LogP contribution in [0.2, 0.25) is 0 Å². The van der Waals surface area contributed by atoms with Crippen LogP contribution in [0.25, 0.3) is 0 Å². The van der Waals surface area contributed by atoms with Gasteiger partial charge < -0.3 is 4.90 Å². The number of carbonyl (C=O) groups is 1. The molecule has 3 rings (SSSR count). The van der Waals surface area contributed by atoms with Crippen molar-refractivity contribution < 1.29 is 9.18 Å². The molecule has 1 aliphatic heterocycles. The molecular weight excluding hydrogens is 305 g/mol. The Labute approximate surface area is 141 Å². The SMILES string of the molecule is C/C(=N/NC(=O)c1ccccc1)c1ccc(N2CCCC2)c(F)c1. The Bertz CT molecular complexity index is 752. The van der Waals surface area contributed by atoms with Gasteiger partial charge in [-0.3, -0.25) is 4.79 Å². The second kappa shape index (κ2) is 7.25. The molecule has 5 heteroatoms. The van der Waals surface area contributed by atoms with E-state index in [1.165, 1.54) is 6.07 Å². The van der Waals surface area contributed by atoms with Gasteiger partial charge in [-0.05, 0) is 44.0 Å². The average Bonchev–Trinajstić information content (AvgIpc) is 3.14. The highest BCUT2D eigenvalue weighted by Crippen LogP contribution is 2.24. The van der Waals surface area contributed by atoms with Crippen molar-refractivity contribution in [1.82, 2.24) is 5.43 Å². The number of carbonyl (C=O) groups excluding carboxylic acids is 1. The van der Waals surface area contributed by atoms with Gasteiger partial charge in [-0.2, -0.15) is 5.10 Å².